The summed E-state index contributed by atoms with van der Waals surface area (Å²) >= 11 is 0. The molecule has 2 amide bonds. The lowest BCUT2D eigenvalue weighted by Gasteiger charge is -2.37. The van der Waals surface area contributed by atoms with Crippen LogP contribution in [0.15, 0.2) is 4.99 Å². The van der Waals surface area contributed by atoms with E-state index in [0.717, 1.165) is 45.6 Å². The van der Waals surface area contributed by atoms with Crippen molar-refractivity contribution in [1.29, 1.82) is 0 Å². The number of hydrogen-bond acceptors (Lipinski definition) is 5. The van der Waals surface area contributed by atoms with Crippen LogP contribution in [0.3, 0.4) is 0 Å². The fraction of sp³-hybridized carbons (Fsp3) is 0.833. The number of piperazine rings is 1. The molecular weight excluding hydrogens is 320 g/mol. The van der Waals surface area contributed by atoms with Gasteiger partial charge in [-0.3, -0.25) is 14.5 Å². The van der Waals surface area contributed by atoms with E-state index < -0.39 is 6.04 Å². The van der Waals surface area contributed by atoms with Gasteiger partial charge in [-0.05, 0) is 25.8 Å². The van der Waals surface area contributed by atoms with Crippen molar-refractivity contribution in [3.8, 4) is 0 Å². The molecule has 2 saturated heterocycles. The molecule has 2 atom stereocenters. The van der Waals surface area contributed by atoms with Gasteiger partial charge in [0.2, 0.25) is 5.91 Å². The second kappa shape index (κ2) is 8.17. The Morgan fingerprint density at radius 2 is 1.92 bits per heavy atom. The Morgan fingerprint density at radius 1 is 1.16 bits per heavy atom. The second-order valence-corrected chi connectivity index (χ2v) is 7.19. The van der Waals surface area contributed by atoms with E-state index in [9.17, 15) is 9.59 Å². The van der Waals surface area contributed by atoms with Gasteiger partial charge in [0.1, 0.15) is 12.6 Å². The van der Waals surface area contributed by atoms with E-state index in [-0.39, 0.29) is 17.9 Å². The molecular formula is C18H30N4O3. The molecule has 140 valence electrons. The van der Waals surface area contributed by atoms with E-state index in [1.807, 2.05) is 4.90 Å². The number of unbranched alkanes of at least 4 members (excludes halogenated alkanes) is 1. The summed E-state index contributed by atoms with van der Waals surface area (Å²) in [6.07, 6.45) is 4.05. The van der Waals surface area contributed by atoms with Crippen molar-refractivity contribution in [2.45, 2.75) is 51.6 Å². The van der Waals surface area contributed by atoms with Crippen LogP contribution in [0, 0.1) is 0 Å². The zero-order valence-electron chi connectivity index (χ0n) is 15.4. The summed E-state index contributed by atoms with van der Waals surface area (Å²) in [5.74, 6) is 0.610. The number of nitrogens with zero attached hydrogens (tertiary/aromatic N) is 4. The highest BCUT2D eigenvalue weighted by atomic mass is 16.5. The summed E-state index contributed by atoms with van der Waals surface area (Å²) in [7, 11) is 0. The van der Waals surface area contributed by atoms with Gasteiger partial charge in [-0.1, -0.05) is 13.3 Å². The number of hydrogen-bond donors (Lipinski definition) is 0. The fourth-order valence-corrected chi connectivity index (χ4v) is 3.88. The van der Waals surface area contributed by atoms with Gasteiger partial charge >= 0.3 is 0 Å². The smallest absolute Gasteiger partial charge is 0.251 e. The van der Waals surface area contributed by atoms with E-state index in [0.29, 0.717) is 19.0 Å². The monoisotopic (exact) mass is 350 g/mol. The van der Waals surface area contributed by atoms with Crippen LogP contribution in [0.5, 0.6) is 0 Å². The minimum Gasteiger partial charge on any atom is -0.478 e. The van der Waals surface area contributed by atoms with E-state index in [4.69, 9.17) is 4.74 Å². The summed E-state index contributed by atoms with van der Waals surface area (Å²) in [6, 6.07) is -0.787. The van der Waals surface area contributed by atoms with Crippen LogP contribution < -0.4 is 0 Å². The number of carbonyl (C=O) groups is 2. The van der Waals surface area contributed by atoms with Crippen LogP contribution in [0.4, 0.5) is 0 Å². The van der Waals surface area contributed by atoms with Gasteiger partial charge in [0.25, 0.3) is 5.91 Å². The maximum atomic E-state index is 13.0. The van der Waals surface area contributed by atoms with Gasteiger partial charge in [-0.25, -0.2) is 4.99 Å². The molecule has 0 bridgehead atoms. The lowest BCUT2D eigenvalue weighted by atomic mass is 10.1. The number of amides is 2. The van der Waals surface area contributed by atoms with Crippen molar-refractivity contribution in [3.05, 3.63) is 0 Å². The van der Waals surface area contributed by atoms with Gasteiger partial charge in [0.05, 0.1) is 0 Å². The average Bonchev–Trinajstić information content (AvgIpc) is 3.28. The van der Waals surface area contributed by atoms with Crippen LogP contribution in [0.1, 0.15) is 39.5 Å². The largest absolute Gasteiger partial charge is 0.478 e. The average molecular weight is 350 g/mol. The first-order valence-corrected chi connectivity index (χ1v) is 9.59. The van der Waals surface area contributed by atoms with Crippen LogP contribution in [-0.4, -0.2) is 90.4 Å². The third kappa shape index (κ3) is 4.14. The molecule has 0 N–H and O–H groups in total. The Balaban J connectivity index is 1.55. The molecule has 3 heterocycles. The molecule has 3 aliphatic rings. The summed E-state index contributed by atoms with van der Waals surface area (Å²) in [5, 5.41) is 0. The SMILES string of the molecule is CCCCN1CCN(C(=O)[C@@H]2CCCN2C(=O)C2COC(C)=N2)CC1. The van der Waals surface area contributed by atoms with Gasteiger partial charge in [0, 0.05) is 39.6 Å². The Bertz CT molecular complexity index is 528. The first-order chi connectivity index (χ1) is 12.1. The Kier molecular flexibility index (Phi) is 5.93. The van der Waals surface area contributed by atoms with Crippen LogP contribution in [0.25, 0.3) is 0 Å². The van der Waals surface area contributed by atoms with Crippen molar-refractivity contribution >= 4 is 17.7 Å². The minimum atomic E-state index is -0.473. The molecule has 2 fully saturated rings. The molecule has 0 aromatic rings. The third-order valence-corrected chi connectivity index (χ3v) is 5.41. The predicted molar refractivity (Wildman–Crippen MR) is 95.5 cm³/mol. The molecule has 1 unspecified atom stereocenters. The first-order valence-electron chi connectivity index (χ1n) is 9.59. The Morgan fingerprint density at radius 3 is 2.56 bits per heavy atom. The maximum Gasteiger partial charge on any atom is 0.251 e. The van der Waals surface area contributed by atoms with Crippen molar-refractivity contribution < 1.29 is 14.3 Å². The second-order valence-electron chi connectivity index (χ2n) is 7.19. The van der Waals surface area contributed by atoms with Crippen LogP contribution in [0.2, 0.25) is 0 Å². The molecule has 0 saturated carbocycles. The predicted octanol–water partition coefficient (Wildman–Crippen LogP) is 0.739. The zero-order valence-corrected chi connectivity index (χ0v) is 15.4. The molecule has 0 aromatic carbocycles. The van der Waals surface area contributed by atoms with Gasteiger partial charge in [-0.15, -0.1) is 0 Å². The van der Waals surface area contributed by atoms with E-state index in [2.05, 4.69) is 16.8 Å². The topological polar surface area (TPSA) is 65.5 Å². The fourth-order valence-electron chi connectivity index (χ4n) is 3.88. The molecule has 3 aliphatic heterocycles. The molecule has 7 heteroatoms. The summed E-state index contributed by atoms with van der Waals surface area (Å²) in [6.45, 7) is 9.44. The first kappa shape index (κ1) is 18.2. The maximum absolute atomic E-state index is 13.0. The zero-order chi connectivity index (χ0) is 17.8. The molecule has 0 aromatic heterocycles. The van der Waals surface area contributed by atoms with Crippen LogP contribution >= 0.6 is 0 Å². The Labute approximate surface area is 150 Å². The van der Waals surface area contributed by atoms with Crippen molar-refractivity contribution in [3.63, 3.8) is 0 Å². The van der Waals surface area contributed by atoms with Gasteiger partial charge < -0.3 is 14.5 Å². The molecule has 25 heavy (non-hydrogen) atoms. The van der Waals surface area contributed by atoms with Crippen molar-refractivity contribution in [2.75, 3.05) is 45.9 Å². The van der Waals surface area contributed by atoms with E-state index >= 15 is 0 Å². The number of rotatable bonds is 5. The molecule has 3 rings (SSSR count). The summed E-state index contributed by atoms with van der Waals surface area (Å²) < 4.78 is 5.30. The molecule has 0 aliphatic carbocycles. The highest BCUT2D eigenvalue weighted by Gasteiger charge is 2.40. The summed E-state index contributed by atoms with van der Waals surface area (Å²) in [4.78, 5) is 36.0. The lowest BCUT2D eigenvalue weighted by Crippen LogP contribution is -2.55. The number of ether oxygens (including phenoxy) is 1. The summed E-state index contributed by atoms with van der Waals surface area (Å²) in [5.41, 5.74) is 0. The van der Waals surface area contributed by atoms with Gasteiger partial charge in [0.15, 0.2) is 11.9 Å². The highest BCUT2D eigenvalue weighted by Crippen LogP contribution is 2.23. The van der Waals surface area contributed by atoms with Crippen molar-refractivity contribution in [2.24, 2.45) is 4.99 Å². The van der Waals surface area contributed by atoms with E-state index in [1.54, 1.807) is 11.8 Å². The molecule has 7 nitrogen and oxygen atoms in total. The van der Waals surface area contributed by atoms with E-state index in [1.165, 1.54) is 12.8 Å². The number of likely N-dealkylation sites (tertiary alicyclic amines) is 1. The number of carbonyl (C=O) groups excluding carboxylic acids is 2. The third-order valence-electron chi connectivity index (χ3n) is 5.41. The quantitative estimate of drug-likeness (QED) is 0.734. The van der Waals surface area contributed by atoms with Gasteiger partial charge in [-0.2, -0.15) is 0 Å². The van der Waals surface area contributed by atoms with Crippen LogP contribution in [-0.2, 0) is 14.3 Å². The standard InChI is InChI=1S/C18H30N4O3/c1-3-4-7-20-9-11-21(12-10-20)18(24)16-6-5-8-22(16)17(23)15-13-25-14(2)19-15/h15-16H,3-13H2,1-2H3/t15?,16-/m0/s1. The number of aliphatic imine (C=N–C) groups is 1. The molecule has 0 radical (unpaired) electrons. The lowest BCUT2D eigenvalue weighted by molar-refractivity contribution is -0.145. The Hall–Kier alpha value is -1.63. The molecule has 0 spiro atoms. The normalized spacial score (nSPS) is 27.4. The van der Waals surface area contributed by atoms with Crippen molar-refractivity contribution in [1.82, 2.24) is 14.7 Å². The highest BCUT2D eigenvalue weighted by molar-refractivity contribution is 5.92. The minimum absolute atomic E-state index is 0.0609.